The standard InChI is InChI=1S/C9H16ClN5/c1-9(2,3)5-13-7-6(10)4-12-8(14-7)15-11/h4H,5,11H2,1-3H3,(H2,12,13,14,15). The van der Waals surface area contributed by atoms with Crippen molar-refractivity contribution in [3.8, 4) is 0 Å². The van der Waals surface area contributed by atoms with Crippen LogP contribution in [0, 0.1) is 5.41 Å². The molecule has 0 aliphatic rings. The highest BCUT2D eigenvalue weighted by atomic mass is 35.5. The minimum atomic E-state index is 0.157. The topological polar surface area (TPSA) is 75.9 Å². The van der Waals surface area contributed by atoms with E-state index >= 15 is 0 Å². The number of nitrogen functional groups attached to an aromatic ring is 1. The molecule has 0 amide bonds. The summed E-state index contributed by atoms with van der Waals surface area (Å²) < 4.78 is 0. The lowest BCUT2D eigenvalue weighted by atomic mass is 9.97. The molecule has 5 nitrogen and oxygen atoms in total. The molecule has 0 atom stereocenters. The molecule has 0 bridgehead atoms. The molecule has 0 radical (unpaired) electrons. The molecule has 1 aromatic rings. The van der Waals surface area contributed by atoms with Gasteiger partial charge in [-0.25, -0.2) is 10.8 Å². The highest BCUT2D eigenvalue weighted by Gasteiger charge is 2.11. The summed E-state index contributed by atoms with van der Waals surface area (Å²) in [6.07, 6.45) is 1.51. The Morgan fingerprint density at radius 2 is 2.13 bits per heavy atom. The predicted molar refractivity (Wildman–Crippen MR) is 62.8 cm³/mol. The zero-order valence-electron chi connectivity index (χ0n) is 9.13. The minimum Gasteiger partial charge on any atom is -0.368 e. The fourth-order valence-electron chi connectivity index (χ4n) is 0.910. The number of anilines is 2. The van der Waals surface area contributed by atoms with Crippen LogP contribution in [0.3, 0.4) is 0 Å². The van der Waals surface area contributed by atoms with E-state index in [1.165, 1.54) is 6.20 Å². The zero-order chi connectivity index (χ0) is 11.5. The minimum absolute atomic E-state index is 0.157. The maximum absolute atomic E-state index is 5.93. The summed E-state index contributed by atoms with van der Waals surface area (Å²) in [5.74, 6) is 6.14. The number of rotatable bonds is 3. The second-order valence-corrected chi connectivity index (χ2v) is 4.86. The number of hydrogen-bond donors (Lipinski definition) is 3. The quantitative estimate of drug-likeness (QED) is 0.545. The predicted octanol–water partition coefficient (Wildman–Crippen LogP) is 1.87. The lowest BCUT2D eigenvalue weighted by Gasteiger charge is -2.19. The maximum atomic E-state index is 5.93. The number of nitrogens with one attached hydrogen (secondary N) is 2. The highest BCUT2D eigenvalue weighted by Crippen LogP contribution is 2.21. The summed E-state index contributed by atoms with van der Waals surface area (Å²) in [4.78, 5) is 7.99. The molecule has 1 rings (SSSR count). The molecule has 1 heterocycles. The number of hydrogen-bond acceptors (Lipinski definition) is 5. The average Bonchev–Trinajstić information content (AvgIpc) is 2.15. The van der Waals surface area contributed by atoms with E-state index in [2.05, 4.69) is 41.5 Å². The van der Waals surface area contributed by atoms with Crippen molar-refractivity contribution in [3.05, 3.63) is 11.2 Å². The third-order valence-corrected chi connectivity index (χ3v) is 1.94. The Hall–Kier alpha value is -1.07. The van der Waals surface area contributed by atoms with Gasteiger partial charge in [0.05, 0.1) is 6.20 Å². The van der Waals surface area contributed by atoms with Crippen LogP contribution in [0.1, 0.15) is 20.8 Å². The van der Waals surface area contributed by atoms with Crippen molar-refractivity contribution >= 4 is 23.4 Å². The molecule has 0 spiro atoms. The van der Waals surface area contributed by atoms with Gasteiger partial charge >= 0.3 is 0 Å². The van der Waals surface area contributed by atoms with Crippen LogP contribution < -0.4 is 16.6 Å². The van der Waals surface area contributed by atoms with Crippen LogP contribution in [0.25, 0.3) is 0 Å². The Balaban J connectivity index is 2.75. The average molecular weight is 230 g/mol. The molecule has 0 unspecified atom stereocenters. The number of nitrogens with zero attached hydrogens (tertiary/aromatic N) is 2. The van der Waals surface area contributed by atoms with Crippen molar-refractivity contribution in [2.24, 2.45) is 11.3 Å². The molecule has 0 saturated heterocycles. The lowest BCUT2D eigenvalue weighted by molar-refractivity contribution is 0.442. The molecule has 0 aromatic carbocycles. The first kappa shape index (κ1) is 12.0. The van der Waals surface area contributed by atoms with E-state index in [4.69, 9.17) is 17.4 Å². The van der Waals surface area contributed by atoms with Gasteiger partial charge in [0.2, 0.25) is 5.95 Å². The number of aromatic nitrogens is 2. The summed E-state index contributed by atoms with van der Waals surface area (Å²) in [6, 6.07) is 0. The van der Waals surface area contributed by atoms with E-state index < -0.39 is 0 Å². The van der Waals surface area contributed by atoms with E-state index in [0.717, 1.165) is 6.54 Å². The molecular formula is C9H16ClN5. The van der Waals surface area contributed by atoms with Gasteiger partial charge in [-0.2, -0.15) is 4.98 Å². The number of halogens is 1. The number of hydrazine groups is 1. The van der Waals surface area contributed by atoms with Crippen molar-refractivity contribution in [2.75, 3.05) is 17.3 Å². The maximum Gasteiger partial charge on any atom is 0.239 e. The second-order valence-electron chi connectivity index (χ2n) is 4.45. The summed E-state index contributed by atoms with van der Waals surface area (Å²) in [6.45, 7) is 7.14. The molecule has 1 aromatic heterocycles. The van der Waals surface area contributed by atoms with Crippen LogP contribution in [-0.2, 0) is 0 Å². The first-order valence-corrected chi connectivity index (χ1v) is 5.03. The van der Waals surface area contributed by atoms with Gasteiger partial charge in [-0.3, -0.25) is 5.43 Å². The van der Waals surface area contributed by atoms with E-state index in [-0.39, 0.29) is 5.41 Å². The van der Waals surface area contributed by atoms with Crippen molar-refractivity contribution < 1.29 is 0 Å². The molecule has 84 valence electrons. The Morgan fingerprint density at radius 1 is 1.47 bits per heavy atom. The van der Waals surface area contributed by atoms with Gasteiger partial charge in [0.15, 0.2) is 5.82 Å². The van der Waals surface area contributed by atoms with Crippen LogP contribution in [0.2, 0.25) is 5.02 Å². The van der Waals surface area contributed by atoms with E-state index in [9.17, 15) is 0 Å². The smallest absolute Gasteiger partial charge is 0.239 e. The van der Waals surface area contributed by atoms with Gasteiger partial charge in [0.1, 0.15) is 5.02 Å². The Bertz CT molecular complexity index is 334. The van der Waals surface area contributed by atoms with Gasteiger partial charge < -0.3 is 5.32 Å². The molecule has 0 fully saturated rings. The van der Waals surface area contributed by atoms with Gasteiger partial charge in [0, 0.05) is 6.54 Å². The third-order valence-electron chi connectivity index (χ3n) is 1.66. The van der Waals surface area contributed by atoms with E-state index in [0.29, 0.717) is 16.8 Å². The summed E-state index contributed by atoms with van der Waals surface area (Å²) in [5.41, 5.74) is 2.53. The van der Waals surface area contributed by atoms with Crippen molar-refractivity contribution in [1.29, 1.82) is 0 Å². The molecular weight excluding hydrogens is 214 g/mol. The van der Waals surface area contributed by atoms with Crippen LogP contribution in [0.5, 0.6) is 0 Å². The highest BCUT2D eigenvalue weighted by molar-refractivity contribution is 6.32. The SMILES string of the molecule is CC(C)(C)CNc1nc(NN)ncc1Cl. The van der Waals surface area contributed by atoms with Gasteiger partial charge in [-0.05, 0) is 5.41 Å². The largest absolute Gasteiger partial charge is 0.368 e. The van der Waals surface area contributed by atoms with Crippen molar-refractivity contribution in [3.63, 3.8) is 0 Å². The van der Waals surface area contributed by atoms with Gasteiger partial charge in [-0.1, -0.05) is 32.4 Å². The fraction of sp³-hybridized carbons (Fsp3) is 0.556. The van der Waals surface area contributed by atoms with Crippen molar-refractivity contribution in [2.45, 2.75) is 20.8 Å². The fourth-order valence-corrected chi connectivity index (χ4v) is 1.07. The van der Waals surface area contributed by atoms with Gasteiger partial charge in [0.25, 0.3) is 0 Å². The molecule has 6 heteroatoms. The summed E-state index contributed by atoms with van der Waals surface area (Å²) >= 11 is 5.93. The molecule has 0 saturated carbocycles. The molecule has 0 aliphatic carbocycles. The molecule has 15 heavy (non-hydrogen) atoms. The Kier molecular flexibility index (Phi) is 3.71. The zero-order valence-corrected chi connectivity index (χ0v) is 9.89. The normalized spacial score (nSPS) is 11.3. The monoisotopic (exact) mass is 229 g/mol. The van der Waals surface area contributed by atoms with Gasteiger partial charge in [-0.15, -0.1) is 0 Å². The first-order chi connectivity index (χ1) is 6.92. The third kappa shape index (κ3) is 3.89. The van der Waals surface area contributed by atoms with Crippen molar-refractivity contribution in [1.82, 2.24) is 9.97 Å². The summed E-state index contributed by atoms with van der Waals surface area (Å²) in [5, 5.41) is 3.63. The summed E-state index contributed by atoms with van der Waals surface area (Å²) in [7, 11) is 0. The van der Waals surface area contributed by atoms with Crippen LogP contribution in [0.4, 0.5) is 11.8 Å². The second kappa shape index (κ2) is 4.63. The molecule has 4 N–H and O–H groups in total. The van der Waals surface area contributed by atoms with Crippen LogP contribution in [0.15, 0.2) is 6.20 Å². The number of nitrogens with two attached hydrogens (primary N) is 1. The van der Waals surface area contributed by atoms with E-state index in [1.807, 2.05) is 0 Å². The van der Waals surface area contributed by atoms with Crippen LogP contribution >= 0.6 is 11.6 Å². The molecule has 0 aliphatic heterocycles. The first-order valence-electron chi connectivity index (χ1n) is 4.65. The lowest BCUT2D eigenvalue weighted by Crippen LogP contribution is -2.20. The Labute approximate surface area is 94.4 Å². The van der Waals surface area contributed by atoms with Crippen LogP contribution in [-0.4, -0.2) is 16.5 Å². The van der Waals surface area contributed by atoms with E-state index in [1.54, 1.807) is 0 Å². The Morgan fingerprint density at radius 3 is 2.67 bits per heavy atom.